The Bertz CT molecular complexity index is 671. The van der Waals surface area contributed by atoms with Gasteiger partial charge in [-0.15, -0.1) is 11.6 Å². The van der Waals surface area contributed by atoms with Crippen molar-refractivity contribution in [2.24, 2.45) is 0 Å². The molecule has 1 aliphatic heterocycles. The second kappa shape index (κ2) is 5.58. The lowest BCUT2D eigenvalue weighted by Crippen LogP contribution is -2.03. The lowest BCUT2D eigenvalue weighted by atomic mass is 10.0. The molecule has 0 spiro atoms. The van der Waals surface area contributed by atoms with Crippen molar-refractivity contribution < 1.29 is 4.79 Å². The van der Waals surface area contributed by atoms with Gasteiger partial charge in [0, 0.05) is 10.2 Å². The number of halogens is 2. The molecule has 1 unspecified atom stereocenters. The second-order valence-electron chi connectivity index (χ2n) is 4.94. The van der Waals surface area contributed by atoms with Crippen LogP contribution in [0.15, 0.2) is 46.9 Å². The summed E-state index contributed by atoms with van der Waals surface area (Å²) in [5, 5.41) is 2.74. The van der Waals surface area contributed by atoms with Crippen LogP contribution in [0, 0.1) is 0 Å². The van der Waals surface area contributed by atoms with Crippen molar-refractivity contribution in [3.8, 4) is 0 Å². The van der Waals surface area contributed by atoms with Gasteiger partial charge in [0.2, 0.25) is 5.91 Å². The predicted molar refractivity (Wildman–Crippen MR) is 85.2 cm³/mol. The summed E-state index contributed by atoms with van der Waals surface area (Å²) in [7, 11) is 0. The van der Waals surface area contributed by atoms with Crippen molar-refractivity contribution in [1.29, 1.82) is 0 Å². The van der Waals surface area contributed by atoms with Gasteiger partial charge in [0.25, 0.3) is 0 Å². The fraction of sp³-hybridized carbons (Fsp3) is 0.188. The molecule has 0 aromatic heterocycles. The van der Waals surface area contributed by atoms with Crippen molar-refractivity contribution in [2.75, 3.05) is 5.32 Å². The molecule has 0 saturated carbocycles. The Labute approximate surface area is 131 Å². The third-order valence-corrected chi connectivity index (χ3v) is 4.32. The minimum Gasteiger partial charge on any atom is -0.326 e. The Morgan fingerprint density at radius 2 is 2.10 bits per heavy atom. The normalized spacial score (nSPS) is 14.8. The zero-order chi connectivity index (χ0) is 14.1. The van der Waals surface area contributed by atoms with E-state index in [0.717, 1.165) is 27.7 Å². The summed E-state index contributed by atoms with van der Waals surface area (Å²) in [6.45, 7) is 0. The highest BCUT2D eigenvalue weighted by atomic mass is 79.9. The van der Waals surface area contributed by atoms with Crippen molar-refractivity contribution in [3.63, 3.8) is 0 Å². The van der Waals surface area contributed by atoms with Crippen molar-refractivity contribution >= 4 is 39.1 Å². The molecular formula is C16H13BrClNO. The second-order valence-corrected chi connectivity index (χ2v) is 6.39. The number of benzene rings is 2. The van der Waals surface area contributed by atoms with E-state index in [1.165, 1.54) is 5.56 Å². The number of fused-ring (bicyclic) bond motifs is 1. The summed E-state index contributed by atoms with van der Waals surface area (Å²) in [5.41, 5.74) is 4.19. The first kappa shape index (κ1) is 13.7. The Balaban J connectivity index is 1.79. The van der Waals surface area contributed by atoms with Crippen molar-refractivity contribution in [2.45, 2.75) is 18.2 Å². The van der Waals surface area contributed by atoms with E-state index in [2.05, 4.69) is 33.4 Å². The topological polar surface area (TPSA) is 29.1 Å². The molecule has 20 heavy (non-hydrogen) atoms. The highest BCUT2D eigenvalue weighted by Gasteiger charge is 2.19. The zero-order valence-electron chi connectivity index (χ0n) is 10.7. The van der Waals surface area contributed by atoms with Gasteiger partial charge in [-0.1, -0.05) is 40.2 Å². The number of carbonyl (C=O) groups excluding carboxylic acids is 1. The van der Waals surface area contributed by atoms with Crippen LogP contribution < -0.4 is 5.32 Å². The van der Waals surface area contributed by atoms with Gasteiger partial charge in [0.15, 0.2) is 0 Å². The molecular weight excluding hydrogens is 338 g/mol. The van der Waals surface area contributed by atoms with Gasteiger partial charge in [-0.3, -0.25) is 4.79 Å². The molecule has 0 aliphatic carbocycles. The van der Waals surface area contributed by atoms with E-state index in [4.69, 9.17) is 11.6 Å². The van der Waals surface area contributed by atoms with Gasteiger partial charge in [-0.2, -0.15) is 0 Å². The number of amides is 1. The van der Waals surface area contributed by atoms with Gasteiger partial charge in [0.1, 0.15) is 0 Å². The molecule has 4 heteroatoms. The first-order chi connectivity index (χ1) is 9.61. The Morgan fingerprint density at radius 3 is 2.90 bits per heavy atom. The molecule has 1 aliphatic rings. The highest BCUT2D eigenvalue weighted by Crippen LogP contribution is 2.31. The van der Waals surface area contributed by atoms with E-state index in [1.54, 1.807) is 0 Å². The molecule has 2 nitrogen and oxygen atoms in total. The van der Waals surface area contributed by atoms with Gasteiger partial charge in [-0.25, -0.2) is 0 Å². The number of anilines is 1. The fourth-order valence-electron chi connectivity index (χ4n) is 2.43. The lowest BCUT2D eigenvalue weighted by Gasteiger charge is -2.11. The molecule has 1 N–H and O–H groups in total. The van der Waals surface area contributed by atoms with Crippen molar-refractivity contribution in [1.82, 2.24) is 0 Å². The maximum absolute atomic E-state index is 11.4. The van der Waals surface area contributed by atoms with Crippen LogP contribution in [0.3, 0.4) is 0 Å². The third kappa shape index (κ3) is 2.89. The minimum absolute atomic E-state index is 0.0512. The van der Waals surface area contributed by atoms with Crippen LogP contribution in [0.25, 0.3) is 0 Å². The molecule has 0 radical (unpaired) electrons. The highest BCUT2D eigenvalue weighted by molar-refractivity contribution is 9.10. The quantitative estimate of drug-likeness (QED) is 0.813. The molecule has 0 saturated heterocycles. The third-order valence-electron chi connectivity index (χ3n) is 3.42. The van der Waals surface area contributed by atoms with E-state index >= 15 is 0 Å². The van der Waals surface area contributed by atoms with Gasteiger partial charge >= 0.3 is 0 Å². The SMILES string of the molecule is O=C1Cc2cc(C(Cl)Cc3cccc(Br)c3)ccc2N1. The summed E-state index contributed by atoms with van der Waals surface area (Å²) in [6.07, 6.45) is 1.21. The summed E-state index contributed by atoms with van der Waals surface area (Å²) >= 11 is 9.98. The van der Waals surface area contributed by atoms with Crippen molar-refractivity contribution in [3.05, 3.63) is 63.6 Å². The maximum Gasteiger partial charge on any atom is 0.228 e. The molecule has 1 atom stereocenters. The first-order valence-electron chi connectivity index (χ1n) is 6.43. The Kier molecular flexibility index (Phi) is 3.81. The van der Waals surface area contributed by atoms with E-state index < -0.39 is 0 Å². The monoisotopic (exact) mass is 349 g/mol. The number of rotatable bonds is 3. The minimum atomic E-state index is -0.0923. The molecule has 102 valence electrons. The van der Waals surface area contributed by atoms with Crippen LogP contribution in [-0.2, 0) is 17.6 Å². The van der Waals surface area contributed by atoms with Gasteiger partial charge in [-0.05, 0) is 41.3 Å². The van der Waals surface area contributed by atoms with Crippen LogP contribution >= 0.6 is 27.5 Å². The van der Waals surface area contributed by atoms with Gasteiger partial charge < -0.3 is 5.32 Å². The molecule has 1 amide bonds. The summed E-state index contributed by atoms with van der Waals surface area (Å²) in [5.74, 6) is 0.0512. The molecule has 1 heterocycles. The first-order valence-corrected chi connectivity index (χ1v) is 7.66. The number of hydrogen-bond acceptors (Lipinski definition) is 1. The average molecular weight is 351 g/mol. The van der Waals surface area contributed by atoms with E-state index in [9.17, 15) is 4.79 Å². The van der Waals surface area contributed by atoms with Crippen LogP contribution in [0.5, 0.6) is 0 Å². The van der Waals surface area contributed by atoms with E-state index in [-0.39, 0.29) is 11.3 Å². The molecule has 3 rings (SSSR count). The standard InChI is InChI=1S/C16H13BrClNO/c17-13-3-1-2-10(6-13)7-14(18)11-4-5-15-12(8-11)9-16(20)19-15/h1-6,8,14H,7,9H2,(H,19,20). The smallest absolute Gasteiger partial charge is 0.228 e. The van der Waals surface area contributed by atoms with Crippen LogP contribution in [0.1, 0.15) is 22.1 Å². The molecule has 0 bridgehead atoms. The van der Waals surface area contributed by atoms with E-state index in [1.807, 2.05) is 30.3 Å². The van der Waals surface area contributed by atoms with Crippen LogP contribution in [0.4, 0.5) is 5.69 Å². The lowest BCUT2D eigenvalue weighted by molar-refractivity contribution is -0.115. The average Bonchev–Trinajstić information content (AvgIpc) is 2.77. The number of nitrogens with one attached hydrogen (secondary N) is 1. The maximum atomic E-state index is 11.4. The molecule has 0 fully saturated rings. The zero-order valence-corrected chi connectivity index (χ0v) is 13.0. The summed E-state index contributed by atoms with van der Waals surface area (Å²) < 4.78 is 1.06. The summed E-state index contributed by atoms with van der Waals surface area (Å²) in [4.78, 5) is 11.4. The number of alkyl halides is 1. The predicted octanol–water partition coefficient (Wildman–Crippen LogP) is 4.47. The van der Waals surface area contributed by atoms with Gasteiger partial charge in [0.05, 0.1) is 11.8 Å². The molecule has 2 aromatic carbocycles. The summed E-state index contributed by atoms with van der Waals surface area (Å²) in [6, 6.07) is 14.1. The Morgan fingerprint density at radius 1 is 1.25 bits per heavy atom. The van der Waals surface area contributed by atoms with Crippen LogP contribution in [0.2, 0.25) is 0 Å². The number of hydrogen-bond donors (Lipinski definition) is 1. The molecule has 2 aromatic rings. The van der Waals surface area contributed by atoms with E-state index in [0.29, 0.717) is 6.42 Å². The Hall–Kier alpha value is -1.32. The van der Waals surface area contributed by atoms with Crippen LogP contribution in [-0.4, -0.2) is 5.91 Å². The largest absolute Gasteiger partial charge is 0.326 e. The fourth-order valence-corrected chi connectivity index (χ4v) is 3.19. The number of carbonyl (C=O) groups is 1.